The van der Waals surface area contributed by atoms with Crippen molar-refractivity contribution in [1.82, 2.24) is 4.57 Å². The molecule has 0 aliphatic rings. The van der Waals surface area contributed by atoms with Crippen molar-refractivity contribution in [3.05, 3.63) is 58.6 Å². The predicted octanol–water partition coefficient (Wildman–Crippen LogP) is 5.20. The van der Waals surface area contributed by atoms with Gasteiger partial charge in [0.05, 0.1) is 6.54 Å². The van der Waals surface area contributed by atoms with Gasteiger partial charge in [-0.1, -0.05) is 50.2 Å². The van der Waals surface area contributed by atoms with Gasteiger partial charge in [-0.3, -0.25) is 0 Å². The molecule has 0 fully saturated rings. The number of aromatic nitrogens is 2. The first-order valence-electron chi connectivity index (χ1n) is 7.64. The molecule has 1 aromatic heterocycles. The highest BCUT2D eigenvalue weighted by atomic mass is 35.5. The molecule has 0 saturated heterocycles. The molecule has 114 valence electrons. The Morgan fingerprint density at radius 1 is 1.05 bits per heavy atom. The van der Waals surface area contributed by atoms with Crippen LogP contribution in [-0.2, 0) is 13.0 Å². The van der Waals surface area contributed by atoms with Crippen LogP contribution in [0.1, 0.15) is 25.8 Å². The van der Waals surface area contributed by atoms with Crippen molar-refractivity contribution in [3.63, 3.8) is 0 Å². The number of hydrogen-bond acceptors (Lipinski definition) is 0. The maximum absolute atomic E-state index is 6.52. The van der Waals surface area contributed by atoms with Gasteiger partial charge in [0.2, 0.25) is 0 Å². The second-order valence-corrected chi connectivity index (χ2v) is 6.12. The van der Waals surface area contributed by atoms with E-state index in [2.05, 4.69) is 50.2 Å². The Bertz CT molecular complexity index is 821. The number of halogens is 2. The molecule has 22 heavy (non-hydrogen) atoms. The molecule has 4 heteroatoms. The number of hydrogen-bond donors (Lipinski definition) is 0. The lowest BCUT2D eigenvalue weighted by molar-refractivity contribution is -0.694. The minimum Gasteiger partial charge on any atom is -0.219 e. The molecular formula is C18H19Cl2N2+. The summed E-state index contributed by atoms with van der Waals surface area (Å²) in [6.07, 6.45) is 3.97. The van der Waals surface area contributed by atoms with Gasteiger partial charge in [-0.25, -0.2) is 4.57 Å². The van der Waals surface area contributed by atoms with Gasteiger partial charge in [-0.05, 0) is 47.0 Å². The summed E-state index contributed by atoms with van der Waals surface area (Å²) >= 11 is 12.9. The molecular weight excluding hydrogens is 315 g/mol. The maximum atomic E-state index is 6.52. The topological polar surface area (TPSA) is 8.81 Å². The van der Waals surface area contributed by atoms with E-state index >= 15 is 0 Å². The van der Waals surface area contributed by atoms with Gasteiger partial charge in [-0.2, -0.15) is 4.57 Å². The Morgan fingerprint density at radius 2 is 1.82 bits per heavy atom. The van der Waals surface area contributed by atoms with Crippen LogP contribution < -0.4 is 4.57 Å². The third kappa shape index (κ3) is 2.51. The van der Waals surface area contributed by atoms with Gasteiger partial charge >= 0.3 is 0 Å². The molecule has 0 aliphatic heterocycles. The zero-order valence-electron chi connectivity index (χ0n) is 12.8. The summed E-state index contributed by atoms with van der Waals surface area (Å²) in [5.41, 5.74) is 2.39. The summed E-state index contributed by atoms with van der Waals surface area (Å²) in [6, 6.07) is 12.7. The minimum atomic E-state index is 0.571. The first kappa shape index (κ1) is 15.4. The number of benzene rings is 2. The van der Waals surface area contributed by atoms with E-state index in [-0.39, 0.29) is 0 Å². The number of rotatable bonds is 4. The molecule has 1 heterocycles. The molecule has 0 unspecified atom stereocenters. The summed E-state index contributed by atoms with van der Waals surface area (Å²) < 4.78 is 4.02. The highest BCUT2D eigenvalue weighted by Gasteiger charge is 2.24. The van der Waals surface area contributed by atoms with Crippen LogP contribution in [0.4, 0.5) is 0 Å². The lowest BCUT2D eigenvalue weighted by Gasteiger charge is -2.09. The summed E-state index contributed by atoms with van der Waals surface area (Å²) in [6.45, 7) is 5.15. The Morgan fingerprint density at radius 3 is 2.55 bits per heavy atom. The molecule has 0 aliphatic carbocycles. The van der Waals surface area contributed by atoms with Crippen LogP contribution in [0.3, 0.4) is 0 Å². The van der Waals surface area contributed by atoms with E-state index in [1.165, 1.54) is 16.3 Å². The number of fused-ring (bicyclic) bond motifs is 1. The van der Waals surface area contributed by atoms with Gasteiger partial charge in [0.1, 0.15) is 5.69 Å². The number of imidazole rings is 1. The van der Waals surface area contributed by atoms with Crippen molar-refractivity contribution in [2.45, 2.75) is 33.2 Å². The second-order valence-electron chi connectivity index (χ2n) is 5.41. The van der Waals surface area contributed by atoms with Crippen LogP contribution in [0.2, 0.25) is 10.3 Å². The SMILES string of the molecule is CCC[n+]1cn(-c2c(CC)ccc3ccccc23)c(Cl)c1Cl. The fourth-order valence-corrected chi connectivity index (χ4v) is 3.34. The van der Waals surface area contributed by atoms with E-state index in [1.807, 2.05) is 15.5 Å². The van der Waals surface area contributed by atoms with Gasteiger partial charge in [0.25, 0.3) is 16.6 Å². The Balaban J connectivity index is 2.32. The zero-order chi connectivity index (χ0) is 15.7. The summed E-state index contributed by atoms with van der Waals surface area (Å²) in [5.74, 6) is 0. The van der Waals surface area contributed by atoms with E-state index in [1.54, 1.807) is 0 Å². The standard InChI is InChI=1S/C18H19Cl2N2/c1-3-11-21-12-22(18(20)17(21)19)16-13(4-2)9-10-14-7-5-6-8-15(14)16/h5-10,12H,3-4,11H2,1-2H3/q+1. The quantitative estimate of drug-likeness (QED) is 0.580. The average Bonchev–Trinajstić information content (AvgIpc) is 2.82. The lowest BCUT2D eigenvalue weighted by atomic mass is 10.0. The highest BCUT2D eigenvalue weighted by molar-refractivity contribution is 6.40. The van der Waals surface area contributed by atoms with Crippen LogP contribution in [0.25, 0.3) is 16.5 Å². The fourth-order valence-electron chi connectivity index (χ4n) is 2.88. The maximum Gasteiger partial charge on any atom is 0.260 e. The van der Waals surface area contributed by atoms with Gasteiger partial charge < -0.3 is 0 Å². The summed E-state index contributed by atoms with van der Waals surface area (Å²) in [5, 5.41) is 3.57. The lowest BCUT2D eigenvalue weighted by Crippen LogP contribution is -2.32. The molecule has 0 atom stereocenters. The molecule has 2 aromatic carbocycles. The summed E-state index contributed by atoms with van der Waals surface area (Å²) in [7, 11) is 0. The zero-order valence-corrected chi connectivity index (χ0v) is 14.3. The minimum absolute atomic E-state index is 0.571. The smallest absolute Gasteiger partial charge is 0.219 e. The monoisotopic (exact) mass is 333 g/mol. The molecule has 0 saturated carbocycles. The Labute approximate surface area is 140 Å². The summed E-state index contributed by atoms with van der Waals surface area (Å²) in [4.78, 5) is 0. The Kier molecular flexibility index (Phi) is 4.42. The number of aryl methyl sites for hydroxylation is 2. The molecule has 0 N–H and O–H groups in total. The fraction of sp³-hybridized carbons (Fsp3) is 0.278. The van der Waals surface area contributed by atoms with Crippen molar-refractivity contribution in [2.75, 3.05) is 0 Å². The molecule has 0 radical (unpaired) electrons. The highest BCUT2D eigenvalue weighted by Crippen LogP contribution is 2.31. The van der Waals surface area contributed by atoms with Crippen molar-refractivity contribution in [1.29, 1.82) is 0 Å². The first-order chi connectivity index (χ1) is 10.7. The molecule has 0 amide bonds. The van der Waals surface area contributed by atoms with E-state index in [0.717, 1.165) is 25.1 Å². The third-order valence-corrected chi connectivity index (χ3v) is 4.81. The van der Waals surface area contributed by atoms with Crippen LogP contribution >= 0.6 is 23.2 Å². The van der Waals surface area contributed by atoms with Crippen LogP contribution in [0.5, 0.6) is 0 Å². The normalized spacial score (nSPS) is 11.3. The van der Waals surface area contributed by atoms with Gasteiger partial charge in [-0.15, -0.1) is 0 Å². The van der Waals surface area contributed by atoms with Crippen molar-refractivity contribution >= 4 is 34.0 Å². The van der Waals surface area contributed by atoms with Crippen LogP contribution in [0, 0.1) is 0 Å². The molecule has 0 spiro atoms. The van der Waals surface area contributed by atoms with Crippen LogP contribution in [-0.4, -0.2) is 4.57 Å². The van der Waals surface area contributed by atoms with Crippen molar-refractivity contribution in [2.24, 2.45) is 0 Å². The molecule has 3 rings (SSSR count). The van der Waals surface area contributed by atoms with E-state index in [9.17, 15) is 0 Å². The Hall–Kier alpha value is -1.51. The molecule has 2 nitrogen and oxygen atoms in total. The largest absolute Gasteiger partial charge is 0.260 e. The van der Waals surface area contributed by atoms with E-state index < -0.39 is 0 Å². The second kappa shape index (κ2) is 6.31. The van der Waals surface area contributed by atoms with Gasteiger partial charge in [0, 0.05) is 5.39 Å². The molecule has 3 aromatic rings. The van der Waals surface area contributed by atoms with E-state index in [4.69, 9.17) is 23.2 Å². The number of nitrogens with zero attached hydrogens (tertiary/aromatic N) is 2. The van der Waals surface area contributed by atoms with Crippen molar-refractivity contribution < 1.29 is 4.57 Å². The van der Waals surface area contributed by atoms with Gasteiger partial charge in [0.15, 0.2) is 0 Å². The third-order valence-electron chi connectivity index (χ3n) is 3.96. The average molecular weight is 334 g/mol. The molecule has 0 bridgehead atoms. The van der Waals surface area contributed by atoms with Crippen LogP contribution in [0.15, 0.2) is 42.7 Å². The van der Waals surface area contributed by atoms with E-state index in [0.29, 0.717) is 10.3 Å². The first-order valence-corrected chi connectivity index (χ1v) is 8.39. The van der Waals surface area contributed by atoms with Crippen molar-refractivity contribution in [3.8, 4) is 5.69 Å². The predicted molar refractivity (Wildman–Crippen MR) is 93.2 cm³/mol.